The second kappa shape index (κ2) is 38.2. The van der Waals surface area contributed by atoms with Gasteiger partial charge in [-0.25, -0.2) is 0 Å². The lowest BCUT2D eigenvalue weighted by atomic mass is 9.95. The Bertz CT molecular complexity index is 2860. The van der Waals surface area contributed by atoms with E-state index in [1.165, 1.54) is 24.3 Å². The van der Waals surface area contributed by atoms with Gasteiger partial charge in [-0.2, -0.15) is 0 Å². The molecule has 0 bridgehead atoms. The van der Waals surface area contributed by atoms with E-state index in [1.807, 2.05) is 0 Å². The SMILES string of the molecule is CC[C@H](C)[C@H](NC(=O)[C@H](CC(C)C)NC(=O)[C@H](Cc1ccc(O[P+](=O)[O-])cc1)NC(=O)[C@H](CCC(=O)O)NC(=O)[C@H](CC(=O)O)NC(=O)[C@H](C)NC(=O)[C@@H](N)CC(=O)O)C(=O)N1CCC[C@H]1C(=O)N[C@@H](CCC(N)=O)C(=O)N[C@@H](CCC(N)=O)C(=O)NCC(=O)O. The van der Waals surface area contributed by atoms with E-state index in [0.717, 1.165) is 11.8 Å². The number of primary amides is 2. The van der Waals surface area contributed by atoms with Crippen LogP contribution in [0, 0.1) is 11.8 Å². The molecular weight excluding hydrogens is 1230 g/mol. The van der Waals surface area contributed by atoms with E-state index >= 15 is 0 Å². The summed E-state index contributed by atoms with van der Waals surface area (Å²) >= 11 is 0. The van der Waals surface area contributed by atoms with E-state index in [0.29, 0.717) is 0 Å². The number of carbonyl (C=O) groups excluding carboxylic acids is 12. The number of carboxylic acids is 4. The van der Waals surface area contributed by atoms with Gasteiger partial charge in [-0.05, 0) is 79.5 Å². The molecule has 504 valence electrons. The van der Waals surface area contributed by atoms with Crippen molar-refractivity contribution in [3.63, 3.8) is 0 Å². The maximum atomic E-state index is 14.7. The first-order valence-corrected chi connectivity index (χ1v) is 29.7. The summed E-state index contributed by atoms with van der Waals surface area (Å²) in [6, 6.07) is -11.3. The highest BCUT2D eigenvalue weighted by Gasteiger charge is 2.42. The van der Waals surface area contributed by atoms with Crippen molar-refractivity contribution < 1.29 is 111 Å². The number of aliphatic carboxylic acids is 4. The van der Waals surface area contributed by atoms with Gasteiger partial charge in [0, 0.05) is 32.2 Å². The van der Waals surface area contributed by atoms with Gasteiger partial charge in [0.2, 0.25) is 70.9 Å². The maximum absolute atomic E-state index is 14.7. The van der Waals surface area contributed by atoms with Crippen molar-refractivity contribution in [2.45, 2.75) is 179 Å². The minimum Gasteiger partial charge on any atom is -0.558 e. The minimum absolute atomic E-state index is 0.0183. The van der Waals surface area contributed by atoms with Crippen LogP contribution in [0.25, 0.3) is 0 Å². The summed E-state index contributed by atoms with van der Waals surface area (Å²) in [5.41, 5.74) is 16.3. The van der Waals surface area contributed by atoms with Crippen LogP contribution in [0.1, 0.15) is 117 Å². The van der Waals surface area contributed by atoms with Gasteiger partial charge in [-0.15, -0.1) is 0 Å². The Morgan fingerprint density at radius 3 is 1.58 bits per heavy atom. The minimum atomic E-state index is -3.37. The molecule has 37 heteroatoms. The molecule has 0 saturated carbocycles. The van der Waals surface area contributed by atoms with E-state index < -0.39 is 240 Å². The molecule has 0 aliphatic carbocycles. The third-order valence-electron chi connectivity index (χ3n) is 13.9. The molecule has 19 N–H and O–H groups in total. The lowest BCUT2D eigenvalue weighted by Gasteiger charge is -2.33. The average Bonchev–Trinajstić information content (AvgIpc) is 1.89. The predicted octanol–water partition coefficient (Wildman–Crippen LogP) is -5.52. The summed E-state index contributed by atoms with van der Waals surface area (Å²) in [5.74, 6) is -19.8. The molecule has 91 heavy (non-hydrogen) atoms. The predicted molar refractivity (Wildman–Crippen MR) is 310 cm³/mol. The number of amides is 12. The van der Waals surface area contributed by atoms with Crippen molar-refractivity contribution in [3.8, 4) is 5.75 Å². The van der Waals surface area contributed by atoms with Crippen LogP contribution < -0.4 is 74.5 Å². The van der Waals surface area contributed by atoms with Gasteiger partial charge in [0.15, 0.2) is 5.75 Å². The molecule has 0 aromatic heterocycles. The molecule has 1 aromatic rings. The Hall–Kier alpha value is -9.44. The number of likely N-dealkylation sites (tertiary alicyclic amines) is 1. The molecule has 0 radical (unpaired) electrons. The molecule has 2 rings (SSSR count). The molecule has 12 atom stereocenters. The normalized spacial score (nSPS) is 16.1. The van der Waals surface area contributed by atoms with E-state index in [-0.39, 0.29) is 43.5 Å². The van der Waals surface area contributed by atoms with Crippen LogP contribution in [0.5, 0.6) is 5.75 Å². The van der Waals surface area contributed by atoms with Crippen molar-refractivity contribution in [2.24, 2.45) is 29.0 Å². The molecule has 1 fully saturated rings. The maximum Gasteiger partial charge on any atom is 0.539 e. The highest BCUT2D eigenvalue weighted by atomic mass is 31.1. The van der Waals surface area contributed by atoms with Crippen LogP contribution >= 0.6 is 8.25 Å². The Morgan fingerprint density at radius 2 is 1.08 bits per heavy atom. The largest absolute Gasteiger partial charge is 0.558 e. The Kier molecular flexibility index (Phi) is 32.6. The first-order valence-electron chi connectivity index (χ1n) is 28.6. The Labute approximate surface area is 521 Å². The smallest absolute Gasteiger partial charge is 0.539 e. The van der Waals surface area contributed by atoms with Gasteiger partial charge < -0.3 is 95.3 Å². The van der Waals surface area contributed by atoms with Gasteiger partial charge in [-0.3, -0.25) is 81.2 Å². The van der Waals surface area contributed by atoms with Gasteiger partial charge >= 0.3 is 32.1 Å². The summed E-state index contributed by atoms with van der Waals surface area (Å²) in [6.45, 7) is 6.80. The van der Waals surface area contributed by atoms with Crippen LogP contribution in [0.15, 0.2) is 24.3 Å². The standard InChI is InChI=1S/C54H80N13O23P/c1-6-26(4)44(54(87)67-19-7-8-37(67)53(86)62-32(14-17-39(57)69)48(81)60-31(13-16-38(56)68)47(80)58-24-43(76)77)66-52(85)34(20-25(2)3)64-50(83)35(21-28-9-11-29(12-10-28)90-91(88)89)65-49(82)33(15-18-40(70)71)61-51(84)36(23-42(74)75)63-45(78)27(5)59-46(79)30(55)22-41(72)73/h9-12,25-27,30-37,44H,6-8,13-24,55H2,1-5H3,(H2,56,68)(H2,57,69)(H,58,80)(H,59,79)(H,60,81)(H,61,84)(H,62,86)(H,63,78)(H,64,83)(H,65,82)(H,66,85)(H,70,71)(H,72,73)(H,74,75)(H,76,77)/t26-,27-,30-,31-,32-,33-,34-,35-,36-,37-,44-/m0/s1. The first kappa shape index (κ1) is 77.7. The number of hydrogen-bond donors (Lipinski definition) is 16. The Balaban J connectivity index is 2.57. The number of nitrogens with one attached hydrogen (secondary N) is 9. The lowest BCUT2D eigenvalue weighted by molar-refractivity contribution is -0.178. The van der Waals surface area contributed by atoms with Crippen LogP contribution in [0.4, 0.5) is 0 Å². The molecular formula is C54H80N13O23P. The van der Waals surface area contributed by atoms with Crippen molar-refractivity contribution in [3.05, 3.63) is 29.8 Å². The fraction of sp³-hybridized carbons (Fsp3) is 0.593. The fourth-order valence-corrected chi connectivity index (χ4v) is 9.27. The van der Waals surface area contributed by atoms with Crippen molar-refractivity contribution in [1.82, 2.24) is 52.8 Å². The van der Waals surface area contributed by atoms with E-state index in [1.54, 1.807) is 27.7 Å². The molecule has 1 aromatic carbocycles. The molecule has 1 aliphatic heterocycles. The zero-order valence-electron chi connectivity index (χ0n) is 50.5. The van der Waals surface area contributed by atoms with E-state index in [2.05, 4.69) is 47.9 Å². The summed E-state index contributed by atoms with van der Waals surface area (Å²) in [5, 5.41) is 58.2. The summed E-state index contributed by atoms with van der Waals surface area (Å²) in [6.07, 6.45) is -5.44. The number of rotatable bonds is 41. The summed E-state index contributed by atoms with van der Waals surface area (Å²) in [4.78, 5) is 220. The zero-order valence-corrected chi connectivity index (χ0v) is 51.4. The molecule has 12 amide bonds. The van der Waals surface area contributed by atoms with Gasteiger partial charge in [0.05, 0.1) is 18.9 Å². The van der Waals surface area contributed by atoms with Crippen LogP contribution in [0.3, 0.4) is 0 Å². The van der Waals surface area contributed by atoms with Gasteiger partial charge in [0.1, 0.15) is 60.9 Å². The van der Waals surface area contributed by atoms with Crippen LogP contribution in [-0.4, -0.2) is 194 Å². The second-order valence-corrected chi connectivity index (χ2v) is 22.4. The van der Waals surface area contributed by atoms with Crippen molar-refractivity contribution in [2.75, 3.05) is 13.1 Å². The molecule has 1 saturated heterocycles. The number of nitrogens with two attached hydrogens (primary N) is 3. The molecule has 0 spiro atoms. The fourth-order valence-electron chi connectivity index (χ4n) is 8.98. The van der Waals surface area contributed by atoms with Crippen molar-refractivity contribution in [1.29, 1.82) is 0 Å². The third-order valence-corrected chi connectivity index (χ3v) is 14.3. The highest BCUT2D eigenvalue weighted by molar-refractivity contribution is 7.31. The number of benzene rings is 1. The quantitative estimate of drug-likeness (QED) is 0.0272. The highest BCUT2D eigenvalue weighted by Crippen LogP contribution is 2.24. The zero-order chi connectivity index (χ0) is 69.0. The molecule has 1 unspecified atom stereocenters. The van der Waals surface area contributed by atoms with Crippen LogP contribution in [-0.2, 0) is 87.7 Å². The summed E-state index contributed by atoms with van der Waals surface area (Å²) < 4.78 is 16.0. The summed E-state index contributed by atoms with van der Waals surface area (Å²) in [7, 11) is -3.37. The third kappa shape index (κ3) is 28.3. The number of carboxylic acid groups (broad SMARTS) is 4. The van der Waals surface area contributed by atoms with Gasteiger partial charge in [0.25, 0.3) is 0 Å². The first-order chi connectivity index (χ1) is 42.5. The van der Waals surface area contributed by atoms with Gasteiger partial charge in [-0.1, -0.05) is 46.2 Å². The second-order valence-electron chi connectivity index (χ2n) is 21.8. The number of hydrogen-bond acceptors (Lipinski definition) is 20. The number of carbonyl (C=O) groups is 16. The van der Waals surface area contributed by atoms with Crippen molar-refractivity contribution >= 4 is 103 Å². The number of nitrogens with zero attached hydrogens (tertiary/aromatic N) is 1. The average molecular weight is 1310 g/mol. The molecule has 1 aliphatic rings. The lowest BCUT2D eigenvalue weighted by Crippen LogP contribution is -2.61. The Morgan fingerprint density at radius 1 is 0.593 bits per heavy atom. The van der Waals surface area contributed by atoms with E-state index in [4.69, 9.17) is 31.9 Å². The molecule has 36 nitrogen and oxygen atoms in total. The monoisotopic (exact) mass is 1310 g/mol. The molecule has 1 heterocycles. The van der Waals surface area contributed by atoms with Crippen LogP contribution in [0.2, 0.25) is 0 Å². The van der Waals surface area contributed by atoms with E-state index in [9.17, 15) is 96.4 Å². The topological polar surface area (TPSA) is 593 Å².